The van der Waals surface area contributed by atoms with Gasteiger partial charge in [-0.2, -0.15) is 4.98 Å². The topological polar surface area (TPSA) is 114 Å². The number of nitrogens with two attached hydrogens (primary N) is 1. The highest BCUT2D eigenvalue weighted by Gasteiger charge is 2.14. The monoisotopic (exact) mass is 383 g/mol. The Morgan fingerprint density at radius 2 is 1.57 bits per heavy atom. The Balaban J connectivity index is 1.88. The van der Waals surface area contributed by atoms with Gasteiger partial charge < -0.3 is 30.0 Å². The molecule has 9 heteroatoms. The molecule has 0 amide bonds. The van der Waals surface area contributed by atoms with E-state index >= 15 is 0 Å². The predicted octanol–water partition coefficient (Wildman–Crippen LogP) is 2.90. The third kappa shape index (κ3) is 3.83. The van der Waals surface area contributed by atoms with E-state index in [0.717, 1.165) is 5.56 Å². The van der Waals surface area contributed by atoms with Crippen LogP contribution < -0.4 is 30.0 Å². The van der Waals surface area contributed by atoms with Crippen molar-refractivity contribution in [1.29, 1.82) is 0 Å². The zero-order valence-corrected chi connectivity index (χ0v) is 16.0. The van der Waals surface area contributed by atoms with Crippen LogP contribution in [0.5, 0.6) is 23.1 Å². The van der Waals surface area contributed by atoms with Crippen LogP contribution in [0.1, 0.15) is 0 Å². The Morgan fingerprint density at radius 1 is 0.857 bits per heavy atom. The molecule has 2 aromatic heterocycles. The van der Waals surface area contributed by atoms with E-state index in [4.69, 9.17) is 24.7 Å². The molecule has 9 nitrogen and oxygen atoms in total. The number of pyridine rings is 1. The number of nitrogens with one attached hydrogen (secondary N) is 1. The lowest BCUT2D eigenvalue weighted by Crippen LogP contribution is -2.03. The maximum atomic E-state index is 6.12. The number of benzene rings is 1. The molecule has 0 aliphatic rings. The maximum absolute atomic E-state index is 6.12. The molecule has 0 saturated carbocycles. The van der Waals surface area contributed by atoms with Crippen LogP contribution in [0.25, 0.3) is 11.1 Å². The Kier molecular flexibility index (Phi) is 5.64. The van der Waals surface area contributed by atoms with Gasteiger partial charge in [-0.05, 0) is 6.07 Å². The van der Waals surface area contributed by atoms with Crippen molar-refractivity contribution in [2.45, 2.75) is 0 Å². The molecule has 0 fully saturated rings. The first-order valence-electron chi connectivity index (χ1n) is 8.29. The van der Waals surface area contributed by atoms with Gasteiger partial charge in [0.1, 0.15) is 5.82 Å². The molecule has 0 unspecified atom stereocenters. The second-order valence-electron chi connectivity index (χ2n) is 5.62. The van der Waals surface area contributed by atoms with Crippen molar-refractivity contribution in [3.63, 3.8) is 0 Å². The van der Waals surface area contributed by atoms with Gasteiger partial charge in [0.25, 0.3) is 0 Å². The van der Waals surface area contributed by atoms with Crippen molar-refractivity contribution in [3.8, 4) is 34.3 Å². The molecule has 3 aromatic rings. The highest BCUT2D eigenvalue weighted by molar-refractivity contribution is 5.74. The van der Waals surface area contributed by atoms with Crippen molar-refractivity contribution in [2.24, 2.45) is 0 Å². The highest BCUT2D eigenvalue weighted by Crippen LogP contribution is 2.40. The lowest BCUT2D eigenvalue weighted by molar-refractivity contribution is 0.324. The van der Waals surface area contributed by atoms with E-state index in [1.165, 1.54) is 0 Å². The molecular weight excluding hydrogens is 362 g/mol. The molecule has 1 aromatic carbocycles. The molecule has 3 N–H and O–H groups in total. The van der Waals surface area contributed by atoms with Crippen LogP contribution in [-0.2, 0) is 0 Å². The number of anilines is 3. The molecule has 2 heterocycles. The van der Waals surface area contributed by atoms with E-state index in [0.29, 0.717) is 46.1 Å². The van der Waals surface area contributed by atoms with Crippen molar-refractivity contribution >= 4 is 17.5 Å². The van der Waals surface area contributed by atoms with Crippen LogP contribution in [0, 0.1) is 0 Å². The summed E-state index contributed by atoms with van der Waals surface area (Å²) in [7, 11) is 6.20. The number of ether oxygens (including phenoxy) is 4. The minimum Gasteiger partial charge on any atom is -0.493 e. The van der Waals surface area contributed by atoms with Crippen LogP contribution in [-0.4, -0.2) is 43.4 Å². The summed E-state index contributed by atoms with van der Waals surface area (Å²) >= 11 is 0. The third-order valence-corrected chi connectivity index (χ3v) is 4.00. The number of nitrogens with zero attached hydrogens (tertiary/aromatic N) is 3. The summed E-state index contributed by atoms with van der Waals surface area (Å²) in [5.41, 5.74) is 8.24. The summed E-state index contributed by atoms with van der Waals surface area (Å²) in [4.78, 5) is 12.8. The normalized spacial score (nSPS) is 10.3. The molecule has 0 aliphatic carbocycles. The van der Waals surface area contributed by atoms with E-state index in [1.807, 2.05) is 6.07 Å². The van der Waals surface area contributed by atoms with Gasteiger partial charge >= 0.3 is 0 Å². The van der Waals surface area contributed by atoms with Gasteiger partial charge in [-0.15, -0.1) is 0 Å². The van der Waals surface area contributed by atoms with Crippen LogP contribution in [0.4, 0.5) is 17.5 Å². The maximum Gasteiger partial charge on any atom is 0.229 e. The summed E-state index contributed by atoms with van der Waals surface area (Å²) in [6.45, 7) is 0. The lowest BCUT2D eigenvalue weighted by atomic mass is 10.1. The molecule has 0 radical (unpaired) electrons. The van der Waals surface area contributed by atoms with Crippen molar-refractivity contribution in [1.82, 2.24) is 15.0 Å². The Labute approximate surface area is 162 Å². The van der Waals surface area contributed by atoms with Crippen molar-refractivity contribution in [2.75, 3.05) is 39.5 Å². The van der Waals surface area contributed by atoms with Crippen LogP contribution in [0.3, 0.4) is 0 Å². The van der Waals surface area contributed by atoms with Crippen molar-refractivity contribution < 1.29 is 18.9 Å². The molecule has 146 valence electrons. The quantitative estimate of drug-likeness (QED) is 0.635. The molecule has 0 aliphatic heterocycles. The minimum atomic E-state index is 0.317. The van der Waals surface area contributed by atoms with Crippen LogP contribution >= 0.6 is 0 Å². The first kappa shape index (κ1) is 19.0. The average Bonchev–Trinajstić information content (AvgIpc) is 2.73. The highest BCUT2D eigenvalue weighted by atomic mass is 16.5. The van der Waals surface area contributed by atoms with E-state index < -0.39 is 0 Å². The molecular formula is C19H21N5O4. The zero-order chi connectivity index (χ0) is 20.1. The van der Waals surface area contributed by atoms with E-state index in [-0.39, 0.29) is 0 Å². The number of methoxy groups -OCH3 is 4. The molecule has 0 bridgehead atoms. The molecule has 0 atom stereocenters. The standard InChI is InChI=1S/C19H21N5O4/c1-25-14-7-12(8-15(26-2)17(14)28-4)23-19-22-10-13(18(20)24-19)11-5-6-16(27-3)21-9-11/h5-10H,1-4H3,(H3,20,22,23,24). The summed E-state index contributed by atoms with van der Waals surface area (Å²) in [6.07, 6.45) is 3.28. The first-order chi connectivity index (χ1) is 13.6. The number of hydrogen-bond donors (Lipinski definition) is 2. The van der Waals surface area contributed by atoms with Gasteiger partial charge in [0.15, 0.2) is 11.5 Å². The van der Waals surface area contributed by atoms with Gasteiger partial charge in [0.05, 0.1) is 28.4 Å². The summed E-state index contributed by atoms with van der Waals surface area (Å²) in [6, 6.07) is 7.09. The molecule has 3 rings (SSSR count). The fourth-order valence-electron chi connectivity index (χ4n) is 2.62. The molecule has 28 heavy (non-hydrogen) atoms. The number of aromatic nitrogens is 3. The summed E-state index contributed by atoms with van der Waals surface area (Å²) in [5.74, 6) is 2.69. The van der Waals surface area contributed by atoms with E-state index in [2.05, 4.69) is 20.3 Å². The number of hydrogen-bond acceptors (Lipinski definition) is 9. The van der Waals surface area contributed by atoms with Crippen LogP contribution in [0.15, 0.2) is 36.7 Å². The Morgan fingerprint density at radius 3 is 2.07 bits per heavy atom. The predicted molar refractivity (Wildman–Crippen MR) is 106 cm³/mol. The summed E-state index contributed by atoms with van der Waals surface area (Å²) < 4.78 is 21.1. The van der Waals surface area contributed by atoms with Gasteiger partial charge in [-0.1, -0.05) is 0 Å². The number of nitrogen functional groups attached to an aromatic ring is 1. The fourth-order valence-corrected chi connectivity index (χ4v) is 2.62. The Bertz CT molecular complexity index is 938. The zero-order valence-electron chi connectivity index (χ0n) is 16.0. The van der Waals surface area contributed by atoms with E-state index in [1.54, 1.807) is 59.0 Å². The van der Waals surface area contributed by atoms with Gasteiger partial charge in [0.2, 0.25) is 17.6 Å². The second kappa shape index (κ2) is 8.30. The molecule has 0 spiro atoms. The van der Waals surface area contributed by atoms with Crippen LogP contribution in [0.2, 0.25) is 0 Å². The van der Waals surface area contributed by atoms with Crippen molar-refractivity contribution in [3.05, 3.63) is 36.7 Å². The minimum absolute atomic E-state index is 0.317. The Hall–Kier alpha value is -3.75. The number of rotatable bonds is 7. The average molecular weight is 383 g/mol. The fraction of sp³-hybridized carbons (Fsp3) is 0.211. The second-order valence-corrected chi connectivity index (χ2v) is 5.62. The third-order valence-electron chi connectivity index (χ3n) is 4.00. The van der Waals surface area contributed by atoms with Gasteiger partial charge in [0, 0.05) is 47.4 Å². The van der Waals surface area contributed by atoms with Gasteiger partial charge in [-0.25, -0.2) is 9.97 Å². The SMILES string of the molecule is COc1ccc(-c2cnc(Nc3cc(OC)c(OC)c(OC)c3)nc2N)cn1. The largest absolute Gasteiger partial charge is 0.493 e. The molecule has 0 saturated heterocycles. The first-order valence-corrected chi connectivity index (χ1v) is 8.29. The lowest BCUT2D eigenvalue weighted by Gasteiger charge is -2.15. The summed E-state index contributed by atoms with van der Waals surface area (Å²) in [5, 5.41) is 3.09. The van der Waals surface area contributed by atoms with E-state index in [9.17, 15) is 0 Å². The smallest absolute Gasteiger partial charge is 0.229 e. The van der Waals surface area contributed by atoms with Gasteiger partial charge in [-0.3, -0.25) is 0 Å².